The second-order valence-corrected chi connectivity index (χ2v) is 5.53. The van der Waals surface area contributed by atoms with Gasteiger partial charge in [0.25, 0.3) is 5.69 Å². The Bertz CT molecular complexity index is 830. The first-order chi connectivity index (χ1) is 11.6. The molecule has 0 aliphatic heterocycles. The summed E-state index contributed by atoms with van der Waals surface area (Å²) in [6, 6.07) is 13.6. The van der Waals surface area contributed by atoms with E-state index in [0.29, 0.717) is 23.8 Å². The summed E-state index contributed by atoms with van der Waals surface area (Å²) in [4.78, 5) is 14.6. The highest BCUT2D eigenvalue weighted by molar-refractivity contribution is 6.30. The molecule has 0 amide bonds. The highest BCUT2D eigenvalue weighted by Gasteiger charge is 2.09. The van der Waals surface area contributed by atoms with Crippen molar-refractivity contribution in [1.29, 1.82) is 0 Å². The van der Waals surface area contributed by atoms with Crippen LogP contribution in [0.15, 0.2) is 48.5 Å². The molecule has 7 nitrogen and oxygen atoms in total. The Morgan fingerprint density at radius 3 is 2.50 bits per heavy atom. The molecule has 2 N–H and O–H groups in total. The average molecular weight is 344 g/mol. The largest absolute Gasteiger partial charge is 0.385 e. The van der Waals surface area contributed by atoms with Gasteiger partial charge in [0.2, 0.25) is 0 Å². The molecule has 2 aromatic carbocycles. The Balaban J connectivity index is 1.59. The molecule has 0 bridgehead atoms. The van der Waals surface area contributed by atoms with Gasteiger partial charge < -0.3 is 5.32 Å². The highest BCUT2D eigenvalue weighted by Crippen LogP contribution is 2.19. The fourth-order valence-corrected chi connectivity index (χ4v) is 2.29. The van der Waals surface area contributed by atoms with Gasteiger partial charge >= 0.3 is 0 Å². The van der Waals surface area contributed by atoms with E-state index in [0.717, 1.165) is 17.1 Å². The minimum atomic E-state index is -0.435. The number of hydrogen-bond acceptors (Lipinski definition) is 5. The molecular formula is C16H14ClN5O2. The molecule has 8 heteroatoms. The van der Waals surface area contributed by atoms with Crippen molar-refractivity contribution in [2.45, 2.75) is 6.42 Å². The van der Waals surface area contributed by atoms with E-state index in [1.165, 1.54) is 12.1 Å². The molecule has 3 rings (SSSR count). The van der Waals surface area contributed by atoms with E-state index in [-0.39, 0.29) is 5.69 Å². The zero-order valence-electron chi connectivity index (χ0n) is 12.6. The molecule has 122 valence electrons. The third kappa shape index (κ3) is 3.88. The summed E-state index contributed by atoms with van der Waals surface area (Å²) in [6.45, 7) is 0.691. The van der Waals surface area contributed by atoms with Gasteiger partial charge in [-0.3, -0.25) is 15.2 Å². The molecule has 0 atom stereocenters. The monoisotopic (exact) mass is 343 g/mol. The predicted molar refractivity (Wildman–Crippen MR) is 92.1 cm³/mol. The van der Waals surface area contributed by atoms with Crippen molar-refractivity contribution in [3.63, 3.8) is 0 Å². The first-order valence-electron chi connectivity index (χ1n) is 7.27. The van der Waals surface area contributed by atoms with E-state index in [1.807, 2.05) is 24.3 Å². The second kappa shape index (κ2) is 7.10. The van der Waals surface area contributed by atoms with Crippen LogP contribution >= 0.6 is 11.6 Å². The summed E-state index contributed by atoms with van der Waals surface area (Å²) in [6.07, 6.45) is 0.669. The number of aromatic amines is 1. The lowest BCUT2D eigenvalue weighted by atomic mass is 10.2. The number of aromatic nitrogens is 3. The van der Waals surface area contributed by atoms with Crippen LogP contribution in [0.2, 0.25) is 5.02 Å². The van der Waals surface area contributed by atoms with Crippen LogP contribution in [0.25, 0.3) is 11.4 Å². The Morgan fingerprint density at radius 1 is 1.12 bits per heavy atom. The summed E-state index contributed by atoms with van der Waals surface area (Å²) in [5, 5.41) is 21.7. The number of non-ortho nitro benzene ring substituents is 1. The first kappa shape index (κ1) is 15.9. The molecule has 0 radical (unpaired) electrons. The summed E-state index contributed by atoms with van der Waals surface area (Å²) in [7, 11) is 0. The van der Waals surface area contributed by atoms with Crippen LogP contribution in [0.4, 0.5) is 11.4 Å². The van der Waals surface area contributed by atoms with Gasteiger partial charge in [-0.1, -0.05) is 11.6 Å². The minimum absolute atomic E-state index is 0.0432. The van der Waals surface area contributed by atoms with Crippen LogP contribution in [-0.4, -0.2) is 26.6 Å². The highest BCUT2D eigenvalue weighted by atomic mass is 35.5. The number of rotatable bonds is 6. The van der Waals surface area contributed by atoms with Crippen molar-refractivity contribution in [3.05, 3.63) is 69.5 Å². The van der Waals surface area contributed by atoms with Crippen LogP contribution < -0.4 is 5.32 Å². The topological polar surface area (TPSA) is 96.7 Å². The lowest BCUT2D eigenvalue weighted by Crippen LogP contribution is -2.05. The maximum absolute atomic E-state index is 10.7. The van der Waals surface area contributed by atoms with Crippen molar-refractivity contribution < 1.29 is 4.92 Å². The van der Waals surface area contributed by atoms with E-state index >= 15 is 0 Å². The average Bonchev–Trinajstić information content (AvgIpc) is 3.06. The third-order valence-corrected chi connectivity index (χ3v) is 3.66. The molecule has 0 fully saturated rings. The fraction of sp³-hybridized carbons (Fsp3) is 0.125. The molecule has 0 unspecified atom stereocenters. The van der Waals surface area contributed by atoms with Gasteiger partial charge in [0.1, 0.15) is 5.82 Å². The lowest BCUT2D eigenvalue weighted by Gasteiger charge is -2.04. The molecule has 0 aliphatic rings. The van der Waals surface area contributed by atoms with Gasteiger partial charge in [0, 0.05) is 41.4 Å². The van der Waals surface area contributed by atoms with E-state index in [2.05, 4.69) is 20.5 Å². The van der Waals surface area contributed by atoms with Crippen LogP contribution in [0.1, 0.15) is 5.82 Å². The second-order valence-electron chi connectivity index (χ2n) is 5.09. The van der Waals surface area contributed by atoms with E-state index in [4.69, 9.17) is 11.6 Å². The standard InChI is InChI=1S/C16H14ClN5O2/c17-12-3-5-13(6-4-12)18-10-9-15-19-16(21-20-15)11-1-7-14(8-2-11)22(23)24/h1-8,18H,9-10H2,(H,19,20,21). The fourth-order valence-electron chi connectivity index (χ4n) is 2.16. The number of hydrogen-bond donors (Lipinski definition) is 2. The SMILES string of the molecule is O=[N+]([O-])c1ccc(-c2n[nH]c(CCNc3ccc(Cl)cc3)n2)cc1. The number of nitro groups is 1. The zero-order valence-corrected chi connectivity index (χ0v) is 13.3. The number of nitrogens with zero attached hydrogens (tertiary/aromatic N) is 3. The molecular weight excluding hydrogens is 330 g/mol. The summed E-state index contributed by atoms with van der Waals surface area (Å²) < 4.78 is 0. The van der Waals surface area contributed by atoms with Crippen molar-refractivity contribution in [2.24, 2.45) is 0 Å². The molecule has 0 spiro atoms. The molecule has 0 saturated heterocycles. The van der Waals surface area contributed by atoms with Crippen LogP contribution in [0.3, 0.4) is 0 Å². The smallest absolute Gasteiger partial charge is 0.269 e. The van der Waals surface area contributed by atoms with E-state index in [1.54, 1.807) is 12.1 Å². The Morgan fingerprint density at radius 2 is 1.83 bits per heavy atom. The van der Waals surface area contributed by atoms with Crippen LogP contribution in [0, 0.1) is 10.1 Å². The Labute approximate surface area is 142 Å². The lowest BCUT2D eigenvalue weighted by molar-refractivity contribution is -0.384. The van der Waals surface area contributed by atoms with Crippen molar-refractivity contribution >= 4 is 23.0 Å². The maximum Gasteiger partial charge on any atom is 0.269 e. The summed E-state index contributed by atoms with van der Waals surface area (Å²) in [5.41, 5.74) is 1.75. The third-order valence-electron chi connectivity index (χ3n) is 3.40. The van der Waals surface area contributed by atoms with Gasteiger partial charge in [-0.2, -0.15) is 5.10 Å². The van der Waals surface area contributed by atoms with E-state index < -0.39 is 4.92 Å². The molecule has 3 aromatic rings. The minimum Gasteiger partial charge on any atom is -0.385 e. The normalized spacial score (nSPS) is 10.5. The van der Waals surface area contributed by atoms with Gasteiger partial charge in [0.05, 0.1) is 4.92 Å². The maximum atomic E-state index is 10.7. The van der Waals surface area contributed by atoms with Gasteiger partial charge in [-0.05, 0) is 36.4 Å². The van der Waals surface area contributed by atoms with E-state index in [9.17, 15) is 10.1 Å². The molecule has 24 heavy (non-hydrogen) atoms. The van der Waals surface area contributed by atoms with Crippen molar-refractivity contribution in [2.75, 3.05) is 11.9 Å². The zero-order chi connectivity index (χ0) is 16.9. The quantitative estimate of drug-likeness (QED) is 0.525. The number of benzene rings is 2. The summed E-state index contributed by atoms with van der Waals surface area (Å²) in [5.74, 6) is 1.26. The number of nitro benzene ring substituents is 1. The number of H-pyrrole nitrogens is 1. The summed E-state index contributed by atoms with van der Waals surface area (Å²) >= 11 is 5.84. The number of nitrogens with one attached hydrogen (secondary N) is 2. The van der Waals surface area contributed by atoms with Crippen LogP contribution in [0.5, 0.6) is 0 Å². The Hall–Kier alpha value is -2.93. The van der Waals surface area contributed by atoms with Crippen LogP contribution in [-0.2, 0) is 6.42 Å². The Kier molecular flexibility index (Phi) is 4.72. The molecule has 0 saturated carbocycles. The molecule has 0 aliphatic carbocycles. The van der Waals surface area contributed by atoms with Crippen molar-refractivity contribution in [1.82, 2.24) is 15.2 Å². The van der Waals surface area contributed by atoms with Gasteiger partial charge in [-0.15, -0.1) is 0 Å². The number of halogens is 1. The number of anilines is 1. The molecule has 1 heterocycles. The molecule has 1 aromatic heterocycles. The predicted octanol–water partition coefficient (Wildman–Crippen LogP) is 3.69. The van der Waals surface area contributed by atoms with Gasteiger partial charge in [-0.25, -0.2) is 4.98 Å². The van der Waals surface area contributed by atoms with Crippen molar-refractivity contribution in [3.8, 4) is 11.4 Å². The van der Waals surface area contributed by atoms with Gasteiger partial charge in [0.15, 0.2) is 5.82 Å². The first-order valence-corrected chi connectivity index (χ1v) is 7.65.